The standard InChI is InChI=1S/C13H29N4P/c1-13(2,3)17(8-9-18(5,6)7)10-12-14-11-16(4)15-12/h11,18H,8-10H2,1-7H3. The zero-order valence-electron chi connectivity index (χ0n) is 13.0. The van der Waals surface area contributed by atoms with Crippen molar-refractivity contribution in [2.24, 2.45) is 7.05 Å². The monoisotopic (exact) mass is 272 g/mol. The number of nitrogens with zero attached hydrogens (tertiary/aromatic N) is 4. The van der Waals surface area contributed by atoms with Gasteiger partial charge in [-0.25, -0.2) is 0 Å². The average molecular weight is 272 g/mol. The molecule has 0 aliphatic carbocycles. The Morgan fingerprint density at radius 3 is 2.28 bits per heavy atom. The van der Waals surface area contributed by atoms with E-state index in [4.69, 9.17) is 0 Å². The van der Waals surface area contributed by atoms with Crippen molar-refractivity contribution in [3.05, 3.63) is 12.2 Å². The Morgan fingerprint density at radius 1 is 1.28 bits per heavy atom. The van der Waals surface area contributed by atoms with E-state index < -0.39 is 7.26 Å². The molecule has 106 valence electrons. The van der Waals surface area contributed by atoms with Gasteiger partial charge < -0.3 is 0 Å². The molecule has 18 heavy (non-hydrogen) atoms. The molecule has 0 aromatic carbocycles. The summed E-state index contributed by atoms with van der Waals surface area (Å²) in [7, 11) is 0.918. The normalized spacial score (nSPS) is 14.2. The van der Waals surface area contributed by atoms with Gasteiger partial charge in [-0.3, -0.25) is 0 Å². The third kappa shape index (κ3) is 5.45. The fourth-order valence-electron chi connectivity index (χ4n) is 1.75. The molecule has 0 amide bonds. The summed E-state index contributed by atoms with van der Waals surface area (Å²) in [5.41, 5.74) is 0.166. The van der Waals surface area contributed by atoms with E-state index in [0.29, 0.717) is 0 Å². The summed E-state index contributed by atoms with van der Waals surface area (Å²) in [6, 6.07) is 0. The van der Waals surface area contributed by atoms with Crippen LogP contribution in [0.5, 0.6) is 0 Å². The molecule has 0 aliphatic rings. The van der Waals surface area contributed by atoms with Crippen molar-refractivity contribution in [2.75, 3.05) is 32.7 Å². The molecule has 5 heteroatoms. The van der Waals surface area contributed by atoms with E-state index in [1.807, 2.05) is 7.05 Å². The summed E-state index contributed by atoms with van der Waals surface area (Å²) in [6.45, 7) is 16.0. The van der Waals surface area contributed by atoms with Crippen LogP contribution in [0.15, 0.2) is 6.33 Å². The van der Waals surface area contributed by atoms with Crippen LogP contribution < -0.4 is 0 Å². The number of hydrogen-bond acceptors (Lipinski definition) is 3. The fourth-order valence-corrected chi connectivity index (χ4v) is 2.69. The second-order valence-corrected chi connectivity index (χ2v) is 12.9. The molecule has 0 saturated carbocycles. The molecule has 1 rings (SSSR count). The van der Waals surface area contributed by atoms with E-state index in [9.17, 15) is 0 Å². The van der Waals surface area contributed by atoms with Gasteiger partial charge in [0.05, 0.1) is 0 Å². The maximum absolute atomic E-state index is 4.38. The van der Waals surface area contributed by atoms with Crippen molar-refractivity contribution in [1.29, 1.82) is 0 Å². The Balaban J connectivity index is 2.68. The second kappa shape index (κ2) is 5.66. The minimum absolute atomic E-state index is 0.166. The summed E-state index contributed by atoms with van der Waals surface area (Å²) in [5.74, 6) is 0.919. The predicted molar refractivity (Wildman–Crippen MR) is 82.1 cm³/mol. The van der Waals surface area contributed by atoms with Gasteiger partial charge in [0, 0.05) is 0 Å². The molecule has 4 nitrogen and oxygen atoms in total. The van der Waals surface area contributed by atoms with Gasteiger partial charge >= 0.3 is 112 Å². The van der Waals surface area contributed by atoms with Crippen LogP contribution in [0.25, 0.3) is 0 Å². The van der Waals surface area contributed by atoms with Crippen LogP contribution >= 0.6 is 7.26 Å². The summed E-state index contributed by atoms with van der Waals surface area (Å²) >= 11 is 0. The van der Waals surface area contributed by atoms with Crippen molar-refractivity contribution >= 4 is 7.26 Å². The van der Waals surface area contributed by atoms with E-state index in [1.54, 1.807) is 11.0 Å². The molecule has 1 heterocycles. The van der Waals surface area contributed by atoms with Crippen LogP contribution in [-0.4, -0.2) is 57.9 Å². The van der Waals surface area contributed by atoms with E-state index in [1.165, 1.54) is 6.16 Å². The number of hydrogen-bond donors (Lipinski definition) is 0. The van der Waals surface area contributed by atoms with Gasteiger partial charge in [0.1, 0.15) is 0 Å². The molecule has 0 aliphatic heterocycles. The molecule has 0 bridgehead atoms. The summed E-state index contributed by atoms with van der Waals surface area (Å²) < 4.78 is 1.77. The summed E-state index contributed by atoms with van der Waals surface area (Å²) in [6.07, 6.45) is 3.09. The van der Waals surface area contributed by atoms with Crippen molar-refractivity contribution in [2.45, 2.75) is 32.9 Å². The van der Waals surface area contributed by atoms with E-state index in [0.717, 1.165) is 18.9 Å². The van der Waals surface area contributed by atoms with Crippen molar-refractivity contribution in [3.8, 4) is 0 Å². The number of aryl methyl sites for hydroxylation is 1. The molecule has 0 radical (unpaired) electrons. The Bertz CT molecular complexity index is 373. The van der Waals surface area contributed by atoms with Gasteiger partial charge in [0.2, 0.25) is 0 Å². The quantitative estimate of drug-likeness (QED) is 0.769. The molecule has 0 N–H and O–H groups in total. The number of aromatic nitrogens is 3. The SMILES string of the molecule is Cn1cnc(CN(CC[PH](C)(C)C)C(C)(C)C)n1. The van der Waals surface area contributed by atoms with Gasteiger partial charge in [0.25, 0.3) is 0 Å². The van der Waals surface area contributed by atoms with Crippen molar-refractivity contribution < 1.29 is 0 Å². The Kier molecular flexibility index (Phi) is 4.90. The fraction of sp³-hybridized carbons (Fsp3) is 0.846. The molecule has 0 spiro atoms. The van der Waals surface area contributed by atoms with Crippen LogP contribution in [0.4, 0.5) is 0 Å². The number of rotatable bonds is 5. The second-order valence-electron chi connectivity index (χ2n) is 7.24. The Morgan fingerprint density at radius 2 is 1.89 bits per heavy atom. The molecule has 1 aromatic rings. The predicted octanol–water partition coefficient (Wildman–Crippen LogP) is 2.05. The molecule has 0 atom stereocenters. The zero-order valence-corrected chi connectivity index (χ0v) is 14.0. The van der Waals surface area contributed by atoms with Crippen LogP contribution in [0.2, 0.25) is 0 Å². The Hall–Kier alpha value is -0.470. The first kappa shape index (κ1) is 15.6. The van der Waals surface area contributed by atoms with Crippen LogP contribution in [-0.2, 0) is 13.6 Å². The van der Waals surface area contributed by atoms with Gasteiger partial charge in [0.15, 0.2) is 0 Å². The molecule has 1 aromatic heterocycles. The van der Waals surface area contributed by atoms with Crippen LogP contribution in [0, 0.1) is 0 Å². The molecular formula is C13H29N4P. The first-order valence-corrected chi connectivity index (χ1v) is 10.4. The van der Waals surface area contributed by atoms with Crippen LogP contribution in [0.3, 0.4) is 0 Å². The summed E-state index contributed by atoms with van der Waals surface area (Å²) in [5, 5.41) is 4.38. The van der Waals surface area contributed by atoms with Gasteiger partial charge in [-0.1, -0.05) is 0 Å². The first-order valence-electron chi connectivity index (χ1n) is 6.67. The third-order valence-corrected chi connectivity index (χ3v) is 4.78. The van der Waals surface area contributed by atoms with Gasteiger partial charge in [-0.15, -0.1) is 0 Å². The first-order chi connectivity index (χ1) is 8.08. The molecule has 0 fully saturated rings. The van der Waals surface area contributed by atoms with E-state index in [-0.39, 0.29) is 5.54 Å². The van der Waals surface area contributed by atoms with Crippen molar-refractivity contribution in [3.63, 3.8) is 0 Å². The van der Waals surface area contributed by atoms with Gasteiger partial charge in [-0.2, -0.15) is 0 Å². The minimum atomic E-state index is -0.998. The van der Waals surface area contributed by atoms with Gasteiger partial charge in [-0.05, 0) is 0 Å². The summed E-state index contributed by atoms with van der Waals surface area (Å²) in [4.78, 5) is 6.82. The zero-order chi connectivity index (χ0) is 14.0. The molecular weight excluding hydrogens is 243 g/mol. The van der Waals surface area contributed by atoms with Crippen LogP contribution in [0.1, 0.15) is 26.6 Å². The molecule has 0 unspecified atom stereocenters. The van der Waals surface area contributed by atoms with E-state index in [2.05, 4.69) is 55.7 Å². The van der Waals surface area contributed by atoms with E-state index >= 15 is 0 Å². The average Bonchev–Trinajstić information content (AvgIpc) is 2.55. The molecule has 0 saturated heterocycles. The third-order valence-electron chi connectivity index (χ3n) is 3.06. The maximum atomic E-state index is 4.38. The van der Waals surface area contributed by atoms with Crippen molar-refractivity contribution in [1.82, 2.24) is 19.7 Å². The Labute approximate surface area is 112 Å². The topological polar surface area (TPSA) is 34.0 Å².